The fraction of sp³-hybridized carbons (Fsp3) is 0. The average Bonchev–Trinajstić information content (AvgIpc) is 2.91. The van der Waals surface area contributed by atoms with Gasteiger partial charge in [0.15, 0.2) is 5.13 Å². The van der Waals surface area contributed by atoms with Gasteiger partial charge >= 0.3 is 0 Å². The summed E-state index contributed by atoms with van der Waals surface area (Å²) >= 11 is 1.39. The van der Waals surface area contributed by atoms with Crippen LogP contribution < -0.4 is 5.32 Å². The molecule has 3 rings (SSSR count). The standard InChI is InChI=1S/C13H9N3OS/c17-12(16-13-14-5-6-18-13)10-7-9-3-1-2-4-11(9)15-8-10/h1-8H,(H,14,16,17). The zero-order valence-corrected chi connectivity index (χ0v) is 10.1. The summed E-state index contributed by atoms with van der Waals surface area (Å²) in [5, 5.41) is 6.08. The van der Waals surface area contributed by atoms with Crippen molar-refractivity contribution in [2.45, 2.75) is 0 Å². The van der Waals surface area contributed by atoms with E-state index in [0.717, 1.165) is 10.9 Å². The largest absolute Gasteiger partial charge is 0.298 e. The fourth-order valence-electron chi connectivity index (χ4n) is 1.65. The first-order chi connectivity index (χ1) is 8.83. The number of nitrogens with one attached hydrogen (secondary N) is 1. The first-order valence-electron chi connectivity index (χ1n) is 5.38. The second-order valence-electron chi connectivity index (χ2n) is 3.71. The Bertz CT molecular complexity index is 694. The lowest BCUT2D eigenvalue weighted by Crippen LogP contribution is -2.11. The lowest BCUT2D eigenvalue weighted by molar-refractivity contribution is 0.102. The van der Waals surface area contributed by atoms with E-state index < -0.39 is 0 Å². The lowest BCUT2D eigenvalue weighted by Gasteiger charge is -2.02. The van der Waals surface area contributed by atoms with E-state index in [-0.39, 0.29) is 5.91 Å². The summed E-state index contributed by atoms with van der Waals surface area (Å²) in [5.41, 5.74) is 1.41. The highest BCUT2D eigenvalue weighted by atomic mass is 32.1. The number of benzene rings is 1. The molecule has 88 valence electrons. The number of nitrogens with zero attached hydrogens (tertiary/aromatic N) is 2. The van der Waals surface area contributed by atoms with Gasteiger partial charge in [-0.3, -0.25) is 15.1 Å². The van der Waals surface area contributed by atoms with Crippen LogP contribution in [0.3, 0.4) is 0 Å². The van der Waals surface area contributed by atoms with Crippen molar-refractivity contribution in [2.24, 2.45) is 0 Å². The van der Waals surface area contributed by atoms with Crippen LogP contribution in [0.25, 0.3) is 10.9 Å². The maximum absolute atomic E-state index is 12.0. The SMILES string of the molecule is O=C(Nc1nccs1)c1cnc2ccccc2c1. The Morgan fingerprint density at radius 1 is 1.22 bits per heavy atom. The van der Waals surface area contributed by atoms with Gasteiger partial charge in [-0.2, -0.15) is 0 Å². The van der Waals surface area contributed by atoms with E-state index >= 15 is 0 Å². The molecule has 0 aliphatic carbocycles. The van der Waals surface area contributed by atoms with Gasteiger partial charge in [-0.15, -0.1) is 11.3 Å². The van der Waals surface area contributed by atoms with Crippen molar-refractivity contribution >= 4 is 33.3 Å². The smallest absolute Gasteiger partial charge is 0.259 e. The number of hydrogen-bond donors (Lipinski definition) is 1. The molecule has 0 aliphatic heterocycles. The number of anilines is 1. The van der Waals surface area contributed by atoms with Crippen LogP contribution in [0.5, 0.6) is 0 Å². The monoisotopic (exact) mass is 255 g/mol. The predicted octanol–water partition coefficient (Wildman–Crippen LogP) is 2.94. The van der Waals surface area contributed by atoms with Crippen LogP contribution in [0, 0.1) is 0 Å². The van der Waals surface area contributed by atoms with Crippen LogP contribution in [0.15, 0.2) is 48.1 Å². The molecular formula is C13H9N3OS. The summed E-state index contributed by atoms with van der Waals surface area (Å²) in [6, 6.07) is 9.52. The molecule has 1 aromatic carbocycles. The second-order valence-corrected chi connectivity index (χ2v) is 4.60. The third-order valence-corrected chi connectivity index (χ3v) is 3.19. The minimum absolute atomic E-state index is 0.191. The molecule has 0 unspecified atom stereocenters. The molecule has 0 saturated heterocycles. The van der Waals surface area contributed by atoms with Crippen molar-refractivity contribution in [1.29, 1.82) is 0 Å². The van der Waals surface area contributed by atoms with Gasteiger partial charge in [-0.25, -0.2) is 4.98 Å². The first-order valence-corrected chi connectivity index (χ1v) is 6.26. The highest BCUT2D eigenvalue weighted by Gasteiger charge is 2.08. The Kier molecular flexibility index (Phi) is 2.74. The van der Waals surface area contributed by atoms with Crippen molar-refractivity contribution < 1.29 is 4.79 Å². The van der Waals surface area contributed by atoms with Gasteiger partial charge < -0.3 is 0 Å². The molecule has 4 nitrogen and oxygen atoms in total. The molecule has 0 bridgehead atoms. The van der Waals surface area contributed by atoms with Crippen LogP contribution >= 0.6 is 11.3 Å². The molecular weight excluding hydrogens is 246 g/mol. The normalized spacial score (nSPS) is 10.4. The van der Waals surface area contributed by atoms with Gasteiger partial charge in [0.1, 0.15) is 0 Å². The third kappa shape index (κ3) is 2.08. The molecule has 0 spiro atoms. The number of pyridine rings is 1. The van der Waals surface area contributed by atoms with E-state index in [1.54, 1.807) is 12.4 Å². The van der Waals surface area contributed by atoms with Crippen LogP contribution in [-0.4, -0.2) is 15.9 Å². The summed E-state index contributed by atoms with van der Waals surface area (Å²) < 4.78 is 0. The summed E-state index contributed by atoms with van der Waals surface area (Å²) in [5.74, 6) is -0.191. The molecule has 18 heavy (non-hydrogen) atoms. The highest BCUT2D eigenvalue weighted by Crippen LogP contribution is 2.15. The van der Waals surface area contributed by atoms with Gasteiger partial charge in [0.05, 0.1) is 11.1 Å². The molecule has 0 atom stereocenters. The number of para-hydroxylation sites is 1. The summed E-state index contributed by atoms with van der Waals surface area (Å²) in [6.07, 6.45) is 3.23. The van der Waals surface area contributed by atoms with Crippen LogP contribution in [0.2, 0.25) is 0 Å². The highest BCUT2D eigenvalue weighted by molar-refractivity contribution is 7.13. The van der Waals surface area contributed by atoms with Crippen LogP contribution in [0.1, 0.15) is 10.4 Å². The average molecular weight is 255 g/mol. The summed E-state index contributed by atoms with van der Waals surface area (Å²) in [7, 11) is 0. The fourth-order valence-corrected chi connectivity index (χ4v) is 2.17. The van der Waals surface area contributed by atoms with Crippen molar-refractivity contribution in [2.75, 3.05) is 5.32 Å². The molecule has 1 amide bonds. The van der Waals surface area contributed by atoms with E-state index in [1.807, 2.05) is 35.7 Å². The maximum Gasteiger partial charge on any atom is 0.259 e. The van der Waals surface area contributed by atoms with Crippen LogP contribution in [-0.2, 0) is 0 Å². The second kappa shape index (κ2) is 4.54. The van der Waals surface area contributed by atoms with E-state index in [1.165, 1.54) is 11.3 Å². The summed E-state index contributed by atoms with van der Waals surface area (Å²) in [4.78, 5) is 20.2. The molecule has 1 N–H and O–H groups in total. The number of aromatic nitrogens is 2. The predicted molar refractivity (Wildman–Crippen MR) is 71.8 cm³/mol. The molecule has 0 radical (unpaired) electrons. The van der Waals surface area contributed by atoms with Gasteiger partial charge in [-0.1, -0.05) is 18.2 Å². The molecule has 0 aliphatic rings. The topological polar surface area (TPSA) is 54.9 Å². The Hall–Kier alpha value is -2.27. The minimum Gasteiger partial charge on any atom is -0.298 e. The van der Waals surface area contributed by atoms with Crippen molar-refractivity contribution in [3.63, 3.8) is 0 Å². The number of fused-ring (bicyclic) bond motifs is 1. The number of hydrogen-bond acceptors (Lipinski definition) is 4. The Morgan fingerprint density at radius 2 is 2.11 bits per heavy atom. The number of carbonyl (C=O) groups is 1. The lowest BCUT2D eigenvalue weighted by atomic mass is 10.1. The van der Waals surface area contributed by atoms with E-state index in [0.29, 0.717) is 10.7 Å². The number of thiazole rings is 1. The van der Waals surface area contributed by atoms with E-state index in [2.05, 4.69) is 15.3 Å². The minimum atomic E-state index is -0.191. The quantitative estimate of drug-likeness (QED) is 0.766. The first kappa shape index (κ1) is 10.9. The Balaban J connectivity index is 1.92. The maximum atomic E-state index is 12.0. The third-order valence-electron chi connectivity index (χ3n) is 2.51. The molecule has 5 heteroatoms. The molecule has 2 aromatic heterocycles. The Labute approximate surface area is 107 Å². The van der Waals surface area contributed by atoms with Crippen LogP contribution in [0.4, 0.5) is 5.13 Å². The van der Waals surface area contributed by atoms with Gasteiger partial charge in [0.25, 0.3) is 5.91 Å². The molecule has 0 fully saturated rings. The summed E-state index contributed by atoms with van der Waals surface area (Å²) in [6.45, 7) is 0. The molecule has 0 saturated carbocycles. The number of carbonyl (C=O) groups excluding carboxylic acids is 1. The van der Waals surface area contributed by atoms with Crippen molar-refractivity contribution in [1.82, 2.24) is 9.97 Å². The molecule has 2 heterocycles. The zero-order chi connectivity index (χ0) is 12.4. The van der Waals surface area contributed by atoms with Gasteiger partial charge in [0, 0.05) is 23.2 Å². The molecule has 3 aromatic rings. The van der Waals surface area contributed by atoms with E-state index in [9.17, 15) is 4.79 Å². The number of rotatable bonds is 2. The zero-order valence-electron chi connectivity index (χ0n) is 9.33. The van der Waals surface area contributed by atoms with Crippen molar-refractivity contribution in [3.8, 4) is 0 Å². The van der Waals surface area contributed by atoms with E-state index in [4.69, 9.17) is 0 Å². The Morgan fingerprint density at radius 3 is 2.94 bits per heavy atom. The van der Waals surface area contributed by atoms with Crippen molar-refractivity contribution in [3.05, 3.63) is 53.7 Å². The number of amides is 1. The van der Waals surface area contributed by atoms with Gasteiger partial charge in [-0.05, 0) is 12.1 Å². The van der Waals surface area contributed by atoms with Gasteiger partial charge in [0.2, 0.25) is 0 Å².